The summed E-state index contributed by atoms with van der Waals surface area (Å²) in [7, 11) is 0. The quantitative estimate of drug-likeness (QED) is 0.472. The van der Waals surface area contributed by atoms with Crippen molar-refractivity contribution < 1.29 is 4.79 Å². The number of nitrogens with two attached hydrogens (primary N) is 1. The highest BCUT2D eigenvalue weighted by Gasteiger charge is 2.40. The number of aryl methyl sites for hydroxylation is 1. The zero-order chi connectivity index (χ0) is 23.7. The van der Waals surface area contributed by atoms with Gasteiger partial charge in [0, 0.05) is 29.5 Å². The van der Waals surface area contributed by atoms with Crippen LogP contribution in [0.1, 0.15) is 51.9 Å². The van der Waals surface area contributed by atoms with Crippen LogP contribution in [0.2, 0.25) is 0 Å². The number of hydrogen-bond acceptors (Lipinski definition) is 7. The fourth-order valence-corrected chi connectivity index (χ4v) is 4.13. The van der Waals surface area contributed by atoms with Crippen LogP contribution in [0.25, 0.3) is 10.9 Å². The van der Waals surface area contributed by atoms with Gasteiger partial charge in [0.1, 0.15) is 11.9 Å². The largest absolute Gasteiger partial charge is 0.383 e. The van der Waals surface area contributed by atoms with E-state index in [-0.39, 0.29) is 24.4 Å². The molecule has 1 aromatic carbocycles. The third-order valence-electron chi connectivity index (χ3n) is 6.09. The van der Waals surface area contributed by atoms with Crippen molar-refractivity contribution in [1.29, 1.82) is 5.26 Å². The summed E-state index contributed by atoms with van der Waals surface area (Å²) in [5.41, 5.74) is 9.28. The number of rotatable bonds is 6. The molecule has 3 heterocycles. The molecule has 3 aromatic heterocycles. The topological polar surface area (TPSA) is 122 Å². The number of nitrogen functional groups attached to an aromatic ring is 1. The van der Waals surface area contributed by atoms with E-state index in [0.717, 1.165) is 29.3 Å². The summed E-state index contributed by atoms with van der Waals surface area (Å²) in [4.78, 5) is 33.6. The number of hydrogen-bond donors (Lipinski definition) is 1. The van der Waals surface area contributed by atoms with Crippen molar-refractivity contribution in [3.8, 4) is 6.07 Å². The molecular weight excluding hydrogens is 426 g/mol. The standard InChI is InChI=1S/C26H23N7O/c1-16-11-20-12-19(6-8-22(20)32-24(16)28)26(34)33(15-21-7-3-17(13-27)14-31-21)23(18-4-5-18)25-29-9-2-10-30-25/h2-3,6-12,14,18,23H,4-5,15H2,1H3,(H2,28,32)/t23-/m1/s1. The number of anilines is 1. The Morgan fingerprint density at radius 1 is 1.18 bits per heavy atom. The van der Waals surface area contributed by atoms with Crippen molar-refractivity contribution in [2.24, 2.45) is 5.92 Å². The molecule has 0 bridgehead atoms. The predicted octanol–water partition coefficient (Wildman–Crippen LogP) is 3.98. The van der Waals surface area contributed by atoms with Crippen molar-refractivity contribution in [2.45, 2.75) is 32.4 Å². The predicted molar refractivity (Wildman–Crippen MR) is 127 cm³/mol. The third kappa shape index (κ3) is 4.28. The summed E-state index contributed by atoms with van der Waals surface area (Å²) in [5.74, 6) is 1.26. The lowest BCUT2D eigenvalue weighted by atomic mass is 10.0. The number of carbonyl (C=O) groups is 1. The van der Waals surface area contributed by atoms with Gasteiger partial charge in [0.05, 0.1) is 29.4 Å². The van der Waals surface area contributed by atoms with Crippen molar-refractivity contribution in [3.05, 3.63) is 89.3 Å². The van der Waals surface area contributed by atoms with E-state index in [9.17, 15) is 4.79 Å². The van der Waals surface area contributed by atoms with Crippen molar-refractivity contribution >= 4 is 22.6 Å². The van der Waals surface area contributed by atoms with E-state index in [1.165, 1.54) is 6.20 Å². The number of amides is 1. The lowest BCUT2D eigenvalue weighted by Gasteiger charge is -2.31. The molecule has 34 heavy (non-hydrogen) atoms. The van der Waals surface area contributed by atoms with Crippen LogP contribution >= 0.6 is 0 Å². The summed E-state index contributed by atoms with van der Waals surface area (Å²) < 4.78 is 0. The van der Waals surface area contributed by atoms with Crippen molar-refractivity contribution in [2.75, 3.05) is 5.73 Å². The highest BCUT2D eigenvalue weighted by molar-refractivity contribution is 5.98. The van der Waals surface area contributed by atoms with Crippen molar-refractivity contribution in [3.63, 3.8) is 0 Å². The number of pyridine rings is 2. The Morgan fingerprint density at radius 3 is 2.65 bits per heavy atom. The fraction of sp³-hybridized carbons (Fsp3) is 0.231. The second-order valence-corrected chi connectivity index (χ2v) is 8.57. The van der Waals surface area contributed by atoms with E-state index < -0.39 is 0 Å². The van der Waals surface area contributed by atoms with Crippen LogP contribution in [0, 0.1) is 24.2 Å². The Morgan fingerprint density at radius 2 is 1.97 bits per heavy atom. The highest BCUT2D eigenvalue weighted by Crippen LogP contribution is 2.44. The number of aromatic nitrogens is 4. The van der Waals surface area contributed by atoms with E-state index in [0.29, 0.717) is 28.5 Å². The van der Waals surface area contributed by atoms with Crippen LogP contribution in [0.3, 0.4) is 0 Å². The molecule has 1 aliphatic carbocycles. The molecular formula is C26H23N7O. The average Bonchev–Trinajstić information content (AvgIpc) is 3.70. The zero-order valence-corrected chi connectivity index (χ0v) is 18.7. The molecule has 0 spiro atoms. The lowest BCUT2D eigenvalue weighted by molar-refractivity contribution is 0.0618. The van der Waals surface area contributed by atoms with Gasteiger partial charge in [-0.1, -0.05) is 0 Å². The molecule has 168 valence electrons. The second kappa shape index (κ2) is 8.87. The first kappa shape index (κ1) is 21.5. The van der Waals surface area contributed by atoms with Gasteiger partial charge in [-0.15, -0.1) is 0 Å². The molecule has 5 rings (SSSR count). The molecule has 0 aliphatic heterocycles. The van der Waals surface area contributed by atoms with Gasteiger partial charge >= 0.3 is 0 Å². The van der Waals surface area contributed by atoms with E-state index in [1.54, 1.807) is 41.6 Å². The van der Waals surface area contributed by atoms with Crippen LogP contribution in [0.5, 0.6) is 0 Å². The average molecular weight is 450 g/mol. The van der Waals surface area contributed by atoms with Crippen LogP contribution in [0.4, 0.5) is 5.82 Å². The lowest BCUT2D eigenvalue weighted by Crippen LogP contribution is -2.37. The van der Waals surface area contributed by atoms with Crippen molar-refractivity contribution in [1.82, 2.24) is 24.8 Å². The number of carbonyl (C=O) groups excluding carboxylic acids is 1. The van der Waals surface area contributed by atoms with Gasteiger partial charge in [-0.3, -0.25) is 9.78 Å². The van der Waals surface area contributed by atoms with Gasteiger partial charge < -0.3 is 10.6 Å². The smallest absolute Gasteiger partial charge is 0.254 e. The normalized spacial score (nSPS) is 13.9. The molecule has 1 aliphatic rings. The third-order valence-corrected chi connectivity index (χ3v) is 6.09. The maximum Gasteiger partial charge on any atom is 0.254 e. The molecule has 0 unspecified atom stereocenters. The number of nitrogens with zero attached hydrogens (tertiary/aromatic N) is 6. The van der Waals surface area contributed by atoms with Gasteiger partial charge in [-0.25, -0.2) is 15.0 Å². The van der Waals surface area contributed by atoms with Gasteiger partial charge in [0.2, 0.25) is 0 Å². The van der Waals surface area contributed by atoms with Gasteiger partial charge in [0.15, 0.2) is 5.82 Å². The highest BCUT2D eigenvalue weighted by atomic mass is 16.2. The van der Waals surface area contributed by atoms with Crippen LogP contribution in [-0.2, 0) is 6.54 Å². The molecule has 2 N–H and O–H groups in total. The maximum absolute atomic E-state index is 14.0. The maximum atomic E-state index is 14.0. The van der Waals surface area contributed by atoms with Crippen LogP contribution in [-0.4, -0.2) is 30.7 Å². The van der Waals surface area contributed by atoms with E-state index in [4.69, 9.17) is 11.0 Å². The first-order valence-corrected chi connectivity index (χ1v) is 11.1. The molecule has 0 saturated heterocycles. The minimum atomic E-state index is -0.270. The summed E-state index contributed by atoms with van der Waals surface area (Å²) in [6.45, 7) is 2.18. The molecule has 1 fully saturated rings. The minimum absolute atomic E-state index is 0.133. The van der Waals surface area contributed by atoms with Crippen LogP contribution < -0.4 is 5.73 Å². The Hall–Kier alpha value is -4.38. The Labute approximate surface area is 197 Å². The van der Waals surface area contributed by atoms with E-state index >= 15 is 0 Å². The molecule has 1 atom stereocenters. The van der Waals surface area contributed by atoms with E-state index in [1.807, 2.05) is 25.1 Å². The molecule has 8 nitrogen and oxygen atoms in total. The zero-order valence-electron chi connectivity index (χ0n) is 18.7. The minimum Gasteiger partial charge on any atom is -0.383 e. The Bertz CT molecular complexity index is 1390. The van der Waals surface area contributed by atoms with E-state index in [2.05, 4.69) is 26.0 Å². The summed E-state index contributed by atoms with van der Waals surface area (Å²) in [6.07, 6.45) is 6.95. The Kier molecular flexibility index (Phi) is 5.60. The fourth-order valence-electron chi connectivity index (χ4n) is 4.13. The number of benzene rings is 1. The molecule has 8 heteroatoms. The first-order valence-electron chi connectivity index (χ1n) is 11.1. The van der Waals surface area contributed by atoms with Gasteiger partial charge in [-0.2, -0.15) is 5.26 Å². The summed E-state index contributed by atoms with van der Waals surface area (Å²) in [6, 6.07) is 14.5. The van der Waals surface area contributed by atoms with Gasteiger partial charge in [-0.05, 0) is 73.7 Å². The number of fused-ring (bicyclic) bond motifs is 1. The molecule has 1 amide bonds. The first-order chi connectivity index (χ1) is 16.5. The molecule has 1 saturated carbocycles. The number of nitriles is 1. The van der Waals surface area contributed by atoms with Gasteiger partial charge in [0.25, 0.3) is 5.91 Å². The summed E-state index contributed by atoms with van der Waals surface area (Å²) >= 11 is 0. The molecule has 0 radical (unpaired) electrons. The monoisotopic (exact) mass is 449 g/mol. The Balaban J connectivity index is 1.56. The SMILES string of the molecule is Cc1cc2cc(C(=O)N(Cc3ccc(C#N)cn3)[C@@H](c3ncccn3)C3CC3)ccc2nc1N. The summed E-state index contributed by atoms with van der Waals surface area (Å²) in [5, 5.41) is 9.96. The second-order valence-electron chi connectivity index (χ2n) is 8.57. The van der Waals surface area contributed by atoms with Crippen LogP contribution in [0.15, 0.2) is 61.1 Å². The molecule has 4 aromatic rings.